The van der Waals surface area contributed by atoms with Gasteiger partial charge in [-0.25, -0.2) is 0 Å². The number of hydrogen-bond donors (Lipinski definition) is 0. The van der Waals surface area contributed by atoms with Crippen molar-refractivity contribution in [3.8, 4) is 0 Å². The minimum Gasteiger partial charge on any atom is -0.364 e. The van der Waals surface area contributed by atoms with Gasteiger partial charge in [-0.05, 0) is 57.4 Å². The summed E-state index contributed by atoms with van der Waals surface area (Å²) in [6.07, 6.45) is 8.10. The molecule has 0 aromatic carbocycles. The lowest BCUT2D eigenvalue weighted by Crippen LogP contribution is -2.17. The lowest BCUT2D eigenvalue weighted by atomic mass is 9.78. The van der Waals surface area contributed by atoms with Crippen LogP contribution in [0.1, 0.15) is 82.8 Å². The number of ketones is 2. The van der Waals surface area contributed by atoms with Gasteiger partial charge in [-0.15, -0.1) is 0 Å². The molecule has 5 rings (SSSR count). The van der Waals surface area contributed by atoms with Crippen molar-refractivity contribution in [2.45, 2.75) is 77.0 Å². The van der Waals surface area contributed by atoms with Gasteiger partial charge in [0.2, 0.25) is 0 Å². The lowest BCUT2D eigenvalue weighted by Gasteiger charge is -2.28. The molecule has 1 saturated carbocycles. The van der Waals surface area contributed by atoms with E-state index < -0.39 is 0 Å². The zero-order valence-electron chi connectivity index (χ0n) is 21.6. The summed E-state index contributed by atoms with van der Waals surface area (Å²) >= 11 is 0. The van der Waals surface area contributed by atoms with Gasteiger partial charge >= 0.3 is 0 Å². The van der Waals surface area contributed by atoms with Crippen molar-refractivity contribution in [3.63, 3.8) is 0 Å². The summed E-state index contributed by atoms with van der Waals surface area (Å²) in [4.78, 5) is 24.8. The number of hydrogen-bond acceptors (Lipinski definition) is 10. The maximum atomic E-state index is 12.4. The van der Waals surface area contributed by atoms with Crippen LogP contribution in [0.2, 0.25) is 0 Å². The van der Waals surface area contributed by atoms with Crippen molar-refractivity contribution in [1.29, 1.82) is 0 Å². The Kier molecular flexibility index (Phi) is 7.76. The van der Waals surface area contributed by atoms with Crippen LogP contribution >= 0.6 is 0 Å². The van der Waals surface area contributed by atoms with Gasteiger partial charge in [0.15, 0.2) is 0 Å². The first-order valence-electron chi connectivity index (χ1n) is 12.9. The highest BCUT2D eigenvalue weighted by Crippen LogP contribution is 2.39. The molecule has 196 valence electrons. The summed E-state index contributed by atoms with van der Waals surface area (Å²) < 4.78 is 9.81. The highest BCUT2D eigenvalue weighted by Gasteiger charge is 2.27. The predicted octanol–water partition coefficient (Wildman–Crippen LogP) is 4.01. The van der Waals surface area contributed by atoms with Crippen LogP contribution in [0.25, 0.3) is 0 Å². The van der Waals surface area contributed by atoms with Crippen molar-refractivity contribution in [2.75, 3.05) is 0 Å². The fourth-order valence-electron chi connectivity index (χ4n) is 5.01. The van der Waals surface area contributed by atoms with Crippen molar-refractivity contribution in [2.24, 2.45) is 0 Å². The summed E-state index contributed by atoms with van der Waals surface area (Å²) in [5.74, 6) is 0.655. The van der Waals surface area contributed by atoms with E-state index in [0.717, 1.165) is 59.6 Å². The molecule has 0 amide bonds. The van der Waals surface area contributed by atoms with Gasteiger partial charge in [0, 0.05) is 35.8 Å². The van der Waals surface area contributed by atoms with Crippen molar-refractivity contribution >= 4 is 11.6 Å². The van der Waals surface area contributed by atoms with E-state index in [9.17, 15) is 9.59 Å². The smallest absolute Gasteiger partial charge is 0.143 e. The molecule has 0 spiro atoms. The number of carbonyl (C=O) groups excluding carboxylic acids is 2. The van der Waals surface area contributed by atoms with E-state index in [2.05, 4.69) is 30.7 Å². The van der Waals surface area contributed by atoms with Crippen LogP contribution in [-0.4, -0.2) is 42.3 Å². The van der Waals surface area contributed by atoms with E-state index in [-0.39, 0.29) is 49.1 Å². The summed E-state index contributed by atoms with van der Waals surface area (Å²) in [6, 6.07) is 7.78. The van der Waals surface area contributed by atoms with Crippen molar-refractivity contribution in [3.05, 3.63) is 82.1 Å². The zero-order valence-corrected chi connectivity index (χ0v) is 21.6. The summed E-state index contributed by atoms with van der Waals surface area (Å²) in [6.45, 7) is 3.64. The van der Waals surface area contributed by atoms with Gasteiger partial charge in [-0.2, -0.15) is 20.4 Å². The number of aryl methyl sites for hydroxylation is 2. The van der Waals surface area contributed by atoms with E-state index >= 15 is 0 Å². The number of rotatable bonds is 10. The molecule has 0 bridgehead atoms. The monoisotopic (exact) mass is 514 g/mol. The molecule has 10 heteroatoms. The van der Waals surface area contributed by atoms with Crippen molar-refractivity contribution in [1.82, 2.24) is 30.7 Å². The Morgan fingerprint density at radius 3 is 1.55 bits per heavy atom. The summed E-state index contributed by atoms with van der Waals surface area (Å²) in [5.41, 5.74) is 6.29. The largest absolute Gasteiger partial charge is 0.364 e. The second kappa shape index (κ2) is 11.5. The molecule has 0 radical (unpaired) electrons. The highest BCUT2D eigenvalue weighted by molar-refractivity contribution is 5.83. The molecule has 1 aliphatic rings. The van der Waals surface area contributed by atoms with Crippen LogP contribution < -0.4 is 0 Å². The molecule has 4 aromatic rings. The van der Waals surface area contributed by atoms with Crippen LogP contribution in [0.5, 0.6) is 0 Å². The van der Waals surface area contributed by atoms with E-state index in [0.29, 0.717) is 11.4 Å². The minimum atomic E-state index is 0.0494. The van der Waals surface area contributed by atoms with Crippen LogP contribution in [0.3, 0.4) is 0 Å². The minimum absolute atomic E-state index is 0.0494. The second-order valence-corrected chi connectivity index (χ2v) is 10.1. The first-order valence-corrected chi connectivity index (χ1v) is 12.9. The van der Waals surface area contributed by atoms with E-state index in [1.54, 1.807) is 0 Å². The summed E-state index contributed by atoms with van der Waals surface area (Å²) in [5, 5.41) is 25.2. The maximum absolute atomic E-state index is 12.4. The van der Waals surface area contributed by atoms with Crippen LogP contribution in [0.15, 0.2) is 45.8 Å². The highest BCUT2D eigenvalue weighted by atomic mass is 16.5. The van der Waals surface area contributed by atoms with Gasteiger partial charge in [-0.3, -0.25) is 9.59 Å². The Labute approximate surface area is 220 Å². The number of carbonyl (C=O) groups is 2. The Hall–Kier alpha value is -4.08. The third kappa shape index (κ3) is 6.24. The predicted molar refractivity (Wildman–Crippen MR) is 135 cm³/mol. The first-order chi connectivity index (χ1) is 18.4. The molecule has 2 atom stereocenters. The van der Waals surface area contributed by atoms with Crippen molar-refractivity contribution < 1.29 is 18.6 Å². The van der Waals surface area contributed by atoms with Crippen LogP contribution in [0.4, 0.5) is 0 Å². The number of aromatic nitrogens is 6. The van der Waals surface area contributed by atoms with E-state index in [1.807, 2.05) is 38.1 Å². The van der Waals surface area contributed by atoms with Crippen LogP contribution in [0, 0.1) is 13.8 Å². The second-order valence-electron chi connectivity index (χ2n) is 10.1. The molecule has 10 nitrogen and oxygen atoms in total. The third-order valence-electron chi connectivity index (χ3n) is 7.22. The molecule has 4 heterocycles. The first kappa shape index (κ1) is 25.6. The summed E-state index contributed by atoms with van der Waals surface area (Å²) in [7, 11) is 0. The van der Waals surface area contributed by atoms with Gasteiger partial charge < -0.3 is 9.05 Å². The Bertz CT molecular complexity index is 1290. The molecular weight excluding hydrogens is 484 g/mol. The Morgan fingerprint density at radius 2 is 1.18 bits per heavy atom. The van der Waals surface area contributed by atoms with E-state index in [1.165, 1.54) is 12.5 Å². The van der Waals surface area contributed by atoms with Gasteiger partial charge in [-0.1, -0.05) is 16.7 Å². The van der Waals surface area contributed by atoms with Gasteiger partial charge in [0.1, 0.15) is 24.1 Å². The zero-order chi connectivity index (χ0) is 26.5. The standard InChI is InChI=1S/C28H30N6O4/c1-17-21(15-37-33-17)11-25(35)13-23-6-8-27(31-29-23)19-4-3-5-20(10-19)28-9-7-24(30-32-28)14-26(36)12-22-16-38-34-18(22)2/h6-9,15-16,19-20H,3-5,10-14H2,1-2H3/t19-,20-/m1/s1. The van der Waals surface area contributed by atoms with Gasteiger partial charge in [0.25, 0.3) is 0 Å². The number of nitrogens with zero attached hydrogens (tertiary/aromatic N) is 6. The molecular formula is C28H30N6O4. The molecule has 1 fully saturated rings. The number of Topliss-reactive ketones (excluding diaryl/α,β-unsaturated/α-hetero) is 2. The molecule has 0 N–H and O–H groups in total. The third-order valence-corrected chi connectivity index (χ3v) is 7.22. The lowest BCUT2D eigenvalue weighted by molar-refractivity contribution is -0.118. The molecule has 0 saturated heterocycles. The Morgan fingerprint density at radius 1 is 0.711 bits per heavy atom. The molecule has 0 unspecified atom stereocenters. The molecule has 1 aliphatic carbocycles. The quantitative estimate of drug-likeness (QED) is 0.305. The Balaban J connectivity index is 1.15. The molecule has 4 aromatic heterocycles. The molecule has 38 heavy (non-hydrogen) atoms. The van der Waals surface area contributed by atoms with E-state index in [4.69, 9.17) is 9.05 Å². The average molecular weight is 515 g/mol. The fraction of sp³-hybridized carbons (Fsp3) is 0.429. The van der Waals surface area contributed by atoms with Crippen LogP contribution in [-0.2, 0) is 35.3 Å². The van der Waals surface area contributed by atoms with Gasteiger partial charge in [0.05, 0.1) is 47.0 Å². The fourth-order valence-corrected chi connectivity index (χ4v) is 5.01. The average Bonchev–Trinajstić information content (AvgIpc) is 3.52. The maximum Gasteiger partial charge on any atom is 0.143 e. The SMILES string of the molecule is Cc1nocc1CC(=O)Cc1ccc([C@@H]2CCC[C@@H](c3ccc(CC(=O)Cc4conc4C)nn3)C2)nn1. The topological polar surface area (TPSA) is 138 Å². The molecule has 0 aliphatic heterocycles. The normalized spacial score (nSPS) is 17.4.